The molecule has 0 unspecified atom stereocenters. The molecule has 10 heteroatoms. The highest BCUT2D eigenvalue weighted by atomic mass is 79.9. The van der Waals surface area contributed by atoms with Crippen LogP contribution < -0.4 is 4.80 Å². The lowest BCUT2D eigenvalue weighted by Gasteiger charge is -2.05. The molecule has 3 rings (SSSR count). The Morgan fingerprint density at radius 3 is 2.59 bits per heavy atom. The maximum absolute atomic E-state index is 12.7. The van der Waals surface area contributed by atoms with Crippen molar-refractivity contribution in [1.82, 2.24) is 4.57 Å². The van der Waals surface area contributed by atoms with E-state index in [1.54, 1.807) is 41.0 Å². The second-order valence-corrected chi connectivity index (χ2v) is 8.09. The van der Waals surface area contributed by atoms with Crippen molar-refractivity contribution in [3.8, 4) is 0 Å². The van der Waals surface area contributed by atoms with Crippen LogP contribution in [0.3, 0.4) is 0 Å². The van der Waals surface area contributed by atoms with Gasteiger partial charge in [-0.3, -0.25) is 9.59 Å². The van der Waals surface area contributed by atoms with Crippen molar-refractivity contribution in [3.05, 3.63) is 61.8 Å². The zero-order valence-electron chi connectivity index (χ0n) is 15.3. The molecule has 150 valence electrons. The van der Waals surface area contributed by atoms with Crippen LogP contribution in [-0.2, 0) is 20.8 Å². The van der Waals surface area contributed by atoms with Gasteiger partial charge in [0.05, 0.1) is 40.6 Å². The largest absolute Gasteiger partial charge is 0.468 e. The zero-order valence-corrected chi connectivity index (χ0v) is 18.4. The number of amides is 1. The van der Waals surface area contributed by atoms with Gasteiger partial charge in [-0.05, 0) is 36.4 Å². The van der Waals surface area contributed by atoms with Crippen molar-refractivity contribution >= 4 is 66.9 Å². The average molecular weight is 498 g/mol. The Labute approximate surface area is 182 Å². The summed E-state index contributed by atoms with van der Waals surface area (Å²) in [5.41, 5.74) is 1.19. The van der Waals surface area contributed by atoms with E-state index in [1.165, 1.54) is 14.2 Å². The predicted molar refractivity (Wildman–Crippen MR) is 112 cm³/mol. The normalized spacial score (nSPS) is 11.5. The molecule has 0 saturated heterocycles. The highest BCUT2D eigenvalue weighted by Gasteiger charge is 2.16. The molecule has 0 aliphatic carbocycles. The van der Waals surface area contributed by atoms with Crippen LogP contribution in [0.1, 0.15) is 20.7 Å². The lowest BCUT2D eigenvalue weighted by atomic mass is 10.2. The molecule has 0 fully saturated rings. The number of aromatic nitrogens is 1. The summed E-state index contributed by atoms with van der Waals surface area (Å²) >= 11 is 10.6. The maximum atomic E-state index is 12.7. The number of rotatable bonds is 4. The molecule has 1 heterocycles. The van der Waals surface area contributed by atoms with Gasteiger partial charge in [0.2, 0.25) is 0 Å². The third kappa shape index (κ3) is 4.58. The molecule has 0 bridgehead atoms. The van der Waals surface area contributed by atoms with E-state index < -0.39 is 17.8 Å². The van der Waals surface area contributed by atoms with Crippen LogP contribution in [0.25, 0.3) is 10.2 Å². The fourth-order valence-electron chi connectivity index (χ4n) is 2.56. The van der Waals surface area contributed by atoms with Crippen LogP contribution in [0.15, 0.2) is 45.9 Å². The summed E-state index contributed by atoms with van der Waals surface area (Å²) in [5, 5.41) is 0.260. The number of carbonyl (C=O) groups excluding carboxylic acids is 3. The smallest absolute Gasteiger partial charge is 0.337 e. The van der Waals surface area contributed by atoms with Crippen molar-refractivity contribution in [2.75, 3.05) is 14.2 Å². The molecular weight excluding hydrogens is 484 g/mol. The van der Waals surface area contributed by atoms with Gasteiger partial charge in [0.1, 0.15) is 6.54 Å². The van der Waals surface area contributed by atoms with Gasteiger partial charge in [-0.2, -0.15) is 4.99 Å². The van der Waals surface area contributed by atoms with Gasteiger partial charge in [-0.1, -0.05) is 38.9 Å². The number of thiazole rings is 1. The standard InChI is InChI=1S/C19H14BrClN2O5S/c1-27-16(24)9-23-14-6-3-10(18(26)28-2)7-15(14)29-19(23)22-17(25)12-8-11(20)4-5-13(12)21/h3-8H,9H2,1-2H3. The summed E-state index contributed by atoms with van der Waals surface area (Å²) in [7, 11) is 2.57. The van der Waals surface area contributed by atoms with Crippen molar-refractivity contribution in [2.45, 2.75) is 6.54 Å². The average Bonchev–Trinajstić information content (AvgIpc) is 3.04. The summed E-state index contributed by atoms with van der Waals surface area (Å²) in [4.78, 5) is 40.9. The predicted octanol–water partition coefficient (Wildman–Crippen LogP) is 3.82. The third-order valence-electron chi connectivity index (χ3n) is 3.97. The number of benzene rings is 2. The van der Waals surface area contributed by atoms with Gasteiger partial charge in [0, 0.05) is 4.47 Å². The van der Waals surface area contributed by atoms with Gasteiger partial charge < -0.3 is 14.0 Å². The Morgan fingerprint density at radius 2 is 1.90 bits per heavy atom. The number of methoxy groups -OCH3 is 2. The first-order valence-electron chi connectivity index (χ1n) is 8.16. The number of fused-ring (bicyclic) bond motifs is 1. The topological polar surface area (TPSA) is 87.0 Å². The van der Waals surface area contributed by atoms with Crippen molar-refractivity contribution < 1.29 is 23.9 Å². The van der Waals surface area contributed by atoms with Gasteiger partial charge in [0.25, 0.3) is 5.91 Å². The summed E-state index contributed by atoms with van der Waals surface area (Å²) in [5.74, 6) is -1.55. The minimum atomic E-state index is -0.560. The fraction of sp³-hybridized carbons (Fsp3) is 0.158. The van der Waals surface area contributed by atoms with E-state index in [-0.39, 0.29) is 21.9 Å². The van der Waals surface area contributed by atoms with Crippen LogP contribution in [0, 0.1) is 0 Å². The quantitative estimate of drug-likeness (QED) is 0.512. The number of esters is 2. The first kappa shape index (κ1) is 21.2. The lowest BCUT2D eigenvalue weighted by molar-refractivity contribution is -0.141. The molecule has 7 nitrogen and oxygen atoms in total. The molecule has 1 amide bonds. The van der Waals surface area contributed by atoms with Crippen LogP contribution in [0.5, 0.6) is 0 Å². The van der Waals surface area contributed by atoms with E-state index in [1.807, 2.05) is 0 Å². The molecule has 29 heavy (non-hydrogen) atoms. The van der Waals surface area contributed by atoms with Crippen molar-refractivity contribution in [3.63, 3.8) is 0 Å². The Kier molecular flexibility index (Phi) is 6.51. The van der Waals surface area contributed by atoms with Crippen LogP contribution in [0.4, 0.5) is 0 Å². The monoisotopic (exact) mass is 496 g/mol. The SMILES string of the molecule is COC(=O)Cn1c(=NC(=O)c2cc(Br)ccc2Cl)sc2cc(C(=O)OC)ccc21. The Balaban J connectivity index is 2.18. The molecule has 1 aromatic heterocycles. The van der Waals surface area contributed by atoms with E-state index in [2.05, 4.69) is 20.9 Å². The fourth-order valence-corrected chi connectivity index (χ4v) is 4.18. The van der Waals surface area contributed by atoms with E-state index in [9.17, 15) is 14.4 Å². The molecule has 3 aromatic rings. The van der Waals surface area contributed by atoms with E-state index in [0.717, 1.165) is 11.3 Å². The third-order valence-corrected chi connectivity index (χ3v) is 5.84. The van der Waals surface area contributed by atoms with Gasteiger partial charge >= 0.3 is 11.9 Å². The minimum absolute atomic E-state index is 0.146. The molecular formula is C19H14BrClN2O5S. The first-order valence-corrected chi connectivity index (χ1v) is 10.2. The van der Waals surface area contributed by atoms with Gasteiger partial charge in [-0.15, -0.1) is 0 Å². The second kappa shape index (κ2) is 8.89. The molecule has 0 spiro atoms. The molecule has 0 saturated carbocycles. The number of carbonyl (C=O) groups is 3. The molecule has 0 aliphatic heterocycles. The first-order chi connectivity index (χ1) is 13.8. The van der Waals surface area contributed by atoms with Crippen LogP contribution >= 0.6 is 38.9 Å². The van der Waals surface area contributed by atoms with E-state index in [0.29, 0.717) is 20.3 Å². The number of ether oxygens (including phenoxy) is 2. The van der Waals surface area contributed by atoms with E-state index in [4.69, 9.17) is 21.1 Å². The van der Waals surface area contributed by atoms with Gasteiger partial charge in [0.15, 0.2) is 4.80 Å². The highest BCUT2D eigenvalue weighted by Crippen LogP contribution is 2.23. The summed E-state index contributed by atoms with van der Waals surface area (Å²) in [6, 6.07) is 9.73. The second-order valence-electron chi connectivity index (χ2n) is 5.76. The molecule has 2 aromatic carbocycles. The number of hydrogen-bond acceptors (Lipinski definition) is 6. The van der Waals surface area contributed by atoms with Gasteiger partial charge in [-0.25, -0.2) is 4.79 Å². The number of halogens is 2. The highest BCUT2D eigenvalue weighted by molar-refractivity contribution is 9.10. The van der Waals surface area contributed by atoms with E-state index >= 15 is 0 Å². The minimum Gasteiger partial charge on any atom is -0.468 e. The summed E-state index contributed by atoms with van der Waals surface area (Å²) in [6.45, 7) is -0.146. The van der Waals surface area contributed by atoms with Crippen molar-refractivity contribution in [2.24, 2.45) is 4.99 Å². The molecule has 0 atom stereocenters. The Hall–Kier alpha value is -2.49. The molecule has 0 N–H and O–H groups in total. The Morgan fingerprint density at radius 1 is 1.14 bits per heavy atom. The summed E-state index contributed by atoms with van der Waals surface area (Å²) in [6.07, 6.45) is 0. The lowest BCUT2D eigenvalue weighted by Crippen LogP contribution is -2.22. The molecule has 0 aliphatic rings. The van der Waals surface area contributed by atoms with Crippen LogP contribution in [0.2, 0.25) is 5.02 Å². The summed E-state index contributed by atoms with van der Waals surface area (Å²) < 4.78 is 12.4. The molecule has 0 radical (unpaired) electrons. The Bertz CT molecular complexity index is 1200. The number of hydrogen-bond donors (Lipinski definition) is 0. The maximum Gasteiger partial charge on any atom is 0.337 e. The zero-order chi connectivity index (χ0) is 21.1. The number of nitrogens with zero attached hydrogens (tertiary/aromatic N) is 2. The van der Waals surface area contributed by atoms with Crippen LogP contribution in [-0.4, -0.2) is 36.6 Å². The van der Waals surface area contributed by atoms with Crippen molar-refractivity contribution in [1.29, 1.82) is 0 Å².